The maximum atomic E-state index is 14.6. The number of fused-ring (bicyclic) bond motifs is 4. The maximum absolute atomic E-state index is 14.6. The number of aromatic nitrogens is 7. The van der Waals surface area contributed by atoms with Crippen molar-refractivity contribution in [2.24, 2.45) is 0 Å². The number of unbranched alkanes of at least 4 members (excludes halogenated alkanes) is 6. The number of benzene rings is 9. The van der Waals surface area contributed by atoms with Gasteiger partial charge in [-0.1, -0.05) is 207 Å². The third kappa shape index (κ3) is 23.3. The van der Waals surface area contributed by atoms with E-state index in [0.717, 1.165) is 155 Å². The Morgan fingerprint density at radius 3 is 1.12 bits per heavy atom. The van der Waals surface area contributed by atoms with Crippen molar-refractivity contribution in [2.45, 2.75) is 196 Å². The second kappa shape index (κ2) is 47.5. The maximum Gasteiger partial charge on any atom is 0.274 e. The molecule has 3 N–H and O–H groups in total. The number of halogens is 2. The number of hydrogen-bond acceptors (Lipinski definition) is 15. The summed E-state index contributed by atoms with van der Waals surface area (Å²) in [6.07, 6.45) is 14.9. The average molecular weight is 1890 g/mol. The first-order valence-corrected chi connectivity index (χ1v) is 49.2. The van der Waals surface area contributed by atoms with Gasteiger partial charge >= 0.3 is 0 Å². The number of hydrogen-bond donors (Lipinski definition) is 3. The molecule has 0 bridgehead atoms. The summed E-state index contributed by atoms with van der Waals surface area (Å²) in [5.74, 6) is -1.06. The Morgan fingerprint density at radius 1 is 0.417 bits per heavy atom. The molecule has 0 fully saturated rings. The summed E-state index contributed by atoms with van der Waals surface area (Å²) in [6.45, 7) is 23.0. The molecule has 0 aliphatic carbocycles. The summed E-state index contributed by atoms with van der Waals surface area (Å²) < 4.78 is 24.8. The lowest BCUT2D eigenvalue weighted by molar-refractivity contribution is 0.0539. The Balaban J connectivity index is 0.000000166. The number of rotatable bonds is 34. The van der Waals surface area contributed by atoms with Crippen LogP contribution in [0.25, 0.3) is 61.3 Å². The van der Waals surface area contributed by atoms with Gasteiger partial charge in [-0.3, -0.25) is 33.8 Å². The number of ether oxygens (including phenoxy) is 1. The lowest BCUT2D eigenvalue weighted by Gasteiger charge is -2.36. The van der Waals surface area contributed by atoms with Crippen molar-refractivity contribution in [1.82, 2.24) is 63.7 Å². The molecule has 0 saturated heterocycles. The zero-order chi connectivity index (χ0) is 98.5. The summed E-state index contributed by atoms with van der Waals surface area (Å²) in [4.78, 5) is 100. The molecular weight excluding hydrogens is 1770 g/mol. The first kappa shape index (κ1) is 101. The highest BCUT2D eigenvalue weighted by atomic mass is 35.5. The van der Waals surface area contributed by atoms with Gasteiger partial charge in [0, 0.05) is 104 Å². The molecule has 4 aromatic heterocycles. The predicted octanol–water partition coefficient (Wildman–Crippen LogP) is 20.6. The van der Waals surface area contributed by atoms with Crippen molar-refractivity contribution in [1.29, 1.82) is 5.26 Å². The summed E-state index contributed by atoms with van der Waals surface area (Å²) in [7, 11) is 1.60. The second-order valence-electron chi connectivity index (χ2n) is 36.2. The molecule has 13 aromatic rings. The van der Waals surface area contributed by atoms with Crippen molar-refractivity contribution in [2.75, 3.05) is 66.2 Å². The zero-order valence-corrected chi connectivity index (χ0v) is 82.1. The van der Waals surface area contributed by atoms with Crippen LogP contribution in [0.4, 0.5) is 4.39 Å². The van der Waals surface area contributed by atoms with E-state index in [2.05, 4.69) is 58.7 Å². The van der Waals surface area contributed by atoms with Crippen molar-refractivity contribution in [3.63, 3.8) is 0 Å². The van der Waals surface area contributed by atoms with Crippen LogP contribution in [0.5, 0.6) is 5.75 Å². The number of nitrogens with zero attached hydrogens (tertiary/aromatic N) is 14. The molecule has 139 heavy (non-hydrogen) atoms. The molecule has 0 spiro atoms. The van der Waals surface area contributed by atoms with E-state index in [9.17, 15) is 53.7 Å². The molecule has 9 aromatic carbocycles. The highest BCUT2D eigenvalue weighted by molar-refractivity contribution is 6.31. The lowest BCUT2D eigenvalue weighted by atomic mass is 9.93. The van der Waals surface area contributed by atoms with Crippen LogP contribution in [0.3, 0.4) is 0 Å². The minimum atomic E-state index is -0.617. The molecule has 26 heteroatoms. The third-order valence-corrected chi connectivity index (χ3v) is 26.8. The number of aryl methyl sites for hydroxylation is 3. The van der Waals surface area contributed by atoms with Crippen LogP contribution < -0.4 is 4.74 Å². The number of aliphatic hydroxyl groups is 3. The van der Waals surface area contributed by atoms with E-state index in [1.54, 1.807) is 84.4 Å². The number of amides is 6. The molecule has 3 aliphatic heterocycles. The van der Waals surface area contributed by atoms with Crippen molar-refractivity contribution < 1.29 is 53.2 Å². The van der Waals surface area contributed by atoms with E-state index in [1.807, 2.05) is 187 Å². The van der Waals surface area contributed by atoms with Crippen LogP contribution >= 0.6 is 11.6 Å². The van der Waals surface area contributed by atoms with E-state index in [1.165, 1.54) is 12.1 Å². The molecule has 722 valence electrons. The molecule has 24 nitrogen and oxygen atoms in total. The molecule has 0 unspecified atom stereocenters. The summed E-state index contributed by atoms with van der Waals surface area (Å²) in [6, 6.07) is 66.4. The standard InChI is InChI=1S/C39H43N5O3.C37H43ClN4O4.C37H40FN5O3/c1-4-6-18-42(19-7-5-2)39(47)36-20-27(3)44(41-36)37-17-16-29(32-21-30-13-10-11-15-35(30)40-24-32)23-34(37)38(46)43-25-31-14-9-8-12-28(31)22-33(43)26-45;1-5-7-17-40(18-8-6-2)37(45)33-19-25(3)42(39-33)34-15-13-27(31-22-29(38)14-16-35(31)46-4)21-32(34)36(44)41-23-28-12-10-9-11-26(28)20-30(41)24-43;1-4-6-16-41(17-7-5-2)37(46)34-18-25(3)43(40-34)35-15-13-28(27-12-14-33(38)30(19-27)22-39)21-32(35)36(45)42-23-29-11-9-8-10-26(29)20-31(42)24-44/h8-17,20-21,23-24,33,45H,4-7,18-19,22,25-26H2,1-3H3;9-16,19,21-22,30,43H,5-8,17-18,20,23-24H2,1-4H3;8-15,18-19,21,31,44H,4-7,16-17,20,23-24H2,1-3H3/t33-;30-;31-/m000/s1. The fraction of sp³-hybridized carbons (Fsp3) is 0.354. The van der Waals surface area contributed by atoms with Gasteiger partial charge in [0.05, 0.1) is 89.9 Å². The molecule has 3 aliphatic rings. The van der Waals surface area contributed by atoms with Crippen LogP contribution in [-0.2, 0) is 38.9 Å². The molecular formula is C113H126ClFN14O10. The van der Waals surface area contributed by atoms with Gasteiger partial charge in [0.2, 0.25) is 0 Å². The van der Waals surface area contributed by atoms with Gasteiger partial charge in [0.25, 0.3) is 35.4 Å². The lowest BCUT2D eigenvalue weighted by Crippen LogP contribution is -2.46. The fourth-order valence-corrected chi connectivity index (χ4v) is 18.7. The molecule has 3 atom stereocenters. The monoisotopic (exact) mass is 1890 g/mol. The number of carbonyl (C=O) groups is 6. The largest absolute Gasteiger partial charge is 0.496 e. The fourth-order valence-electron chi connectivity index (χ4n) is 18.6. The summed E-state index contributed by atoms with van der Waals surface area (Å²) in [5, 5.41) is 56.5. The van der Waals surface area contributed by atoms with Crippen LogP contribution in [0.1, 0.15) is 237 Å². The molecule has 16 rings (SSSR count). The van der Waals surface area contributed by atoms with E-state index in [4.69, 9.17) is 31.6 Å². The number of methoxy groups -OCH3 is 1. The number of pyridine rings is 1. The van der Waals surface area contributed by atoms with Crippen LogP contribution in [0.2, 0.25) is 5.02 Å². The third-order valence-electron chi connectivity index (χ3n) is 26.5. The molecule has 0 saturated carbocycles. The Labute approximate surface area is 819 Å². The highest BCUT2D eigenvalue weighted by Crippen LogP contribution is 2.39. The highest BCUT2D eigenvalue weighted by Gasteiger charge is 2.38. The summed E-state index contributed by atoms with van der Waals surface area (Å²) >= 11 is 6.39. The zero-order valence-electron chi connectivity index (χ0n) is 81.3. The van der Waals surface area contributed by atoms with Crippen LogP contribution in [-0.4, -0.2) is 199 Å². The summed E-state index contributed by atoms with van der Waals surface area (Å²) in [5.41, 5.74) is 17.8. The Hall–Kier alpha value is -13.8. The number of carbonyl (C=O) groups excluding carboxylic acids is 6. The SMILES string of the molecule is CCCCN(CCCC)C(=O)c1cc(C)n(-c2ccc(-c3cc(Cl)ccc3OC)cc2C(=O)N2Cc3ccccc3C[C@H]2CO)n1.CCCCN(CCCC)C(=O)c1cc(C)n(-c2ccc(-c3ccc(F)c(C#N)c3)cc2C(=O)N2Cc3ccccc3C[C@H]2CO)n1.CCCCN(CCCC)C(=O)c1cc(C)n(-c2ccc(-c3cnc4ccccc4c3)cc2C(=O)N2Cc3ccccc3C[C@H]2CO)n1. The van der Waals surface area contributed by atoms with Crippen molar-refractivity contribution in [3.8, 4) is 62.3 Å². The number of para-hydroxylation sites is 1. The van der Waals surface area contributed by atoms with E-state index < -0.39 is 11.9 Å². The minimum absolute atomic E-state index is 0.0894. The van der Waals surface area contributed by atoms with Gasteiger partial charge in [-0.15, -0.1) is 0 Å². The van der Waals surface area contributed by atoms with Gasteiger partial charge in [-0.05, 0) is 231 Å². The Bertz CT molecular complexity index is 6590. The van der Waals surface area contributed by atoms with Gasteiger partial charge in [-0.25, -0.2) is 18.4 Å². The quantitative estimate of drug-likeness (QED) is 0.0338. The van der Waals surface area contributed by atoms with Gasteiger partial charge in [-0.2, -0.15) is 20.6 Å². The first-order valence-electron chi connectivity index (χ1n) is 48.9. The second-order valence-corrected chi connectivity index (χ2v) is 36.7. The van der Waals surface area contributed by atoms with E-state index >= 15 is 0 Å². The van der Waals surface area contributed by atoms with Gasteiger partial charge in [0.15, 0.2) is 17.1 Å². The molecule has 6 amide bonds. The van der Waals surface area contributed by atoms with Gasteiger partial charge < -0.3 is 49.5 Å². The number of aliphatic hydroxyl groups excluding tert-OH is 3. The first-order chi connectivity index (χ1) is 67.5. The van der Waals surface area contributed by atoms with E-state index in [0.29, 0.717) is 157 Å². The Kier molecular flexibility index (Phi) is 34.6. The predicted molar refractivity (Wildman–Crippen MR) is 543 cm³/mol. The van der Waals surface area contributed by atoms with Crippen LogP contribution in [0.15, 0.2) is 219 Å². The van der Waals surface area contributed by atoms with Crippen LogP contribution in [0, 0.1) is 37.9 Å². The van der Waals surface area contributed by atoms with E-state index in [-0.39, 0.29) is 72.9 Å². The number of nitriles is 1. The average Bonchev–Trinajstić information content (AvgIpc) is 1.76. The smallest absolute Gasteiger partial charge is 0.274 e. The molecule has 7 heterocycles. The van der Waals surface area contributed by atoms with Gasteiger partial charge in [0.1, 0.15) is 17.6 Å². The topological polar surface area (TPSA) is 282 Å². The minimum Gasteiger partial charge on any atom is -0.496 e. The Morgan fingerprint density at radius 2 is 0.755 bits per heavy atom. The normalized spacial score (nSPS) is 14.2. The van der Waals surface area contributed by atoms with Crippen molar-refractivity contribution in [3.05, 3.63) is 319 Å². The van der Waals surface area contributed by atoms with Crippen molar-refractivity contribution >= 4 is 57.9 Å². The molecule has 0 radical (unpaired) electrons.